The maximum atomic E-state index is 5.95. The number of nitrogens with zero attached hydrogens (tertiary/aromatic N) is 1. The molecule has 1 aliphatic carbocycles. The van der Waals surface area contributed by atoms with Crippen LogP contribution in [0.1, 0.15) is 36.8 Å². The number of methoxy groups -OCH3 is 2. The molecule has 1 aliphatic rings. The van der Waals surface area contributed by atoms with Gasteiger partial charge in [-0.15, -0.1) is 0 Å². The van der Waals surface area contributed by atoms with Crippen LogP contribution in [-0.2, 0) is 17.9 Å². The lowest BCUT2D eigenvalue weighted by Gasteiger charge is -2.42. The topological polar surface area (TPSA) is 64.1 Å². The highest BCUT2D eigenvalue weighted by Gasteiger charge is 2.36. The van der Waals surface area contributed by atoms with Gasteiger partial charge in [-0.25, -0.2) is 0 Å². The van der Waals surface area contributed by atoms with Crippen molar-refractivity contribution in [3.63, 3.8) is 0 Å². The Hall–Kier alpha value is -2.73. The average molecular weight is 426 g/mol. The highest BCUT2D eigenvalue weighted by molar-refractivity contribution is 5.79. The van der Waals surface area contributed by atoms with E-state index in [-0.39, 0.29) is 0 Å². The summed E-state index contributed by atoms with van der Waals surface area (Å²) in [5.74, 6) is 2.28. The molecule has 0 saturated heterocycles. The van der Waals surface area contributed by atoms with Gasteiger partial charge in [0, 0.05) is 33.9 Å². The molecular formula is C25H35N3O3. The van der Waals surface area contributed by atoms with Gasteiger partial charge in [-0.05, 0) is 47.9 Å². The first-order chi connectivity index (χ1) is 15.2. The average Bonchev–Trinajstić information content (AvgIpc) is 2.79. The molecule has 31 heavy (non-hydrogen) atoms. The fourth-order valence-corrected chi connectivity index (χ4v) is 3.86. The number of ether oxygens (including phenoxy) is 3. The third-order valence-corrected chi connectivity index (χ3v) is 6.03. The van der Waals surface area contributed by atoms with Crippen molar-refractivity contribution >= 4 is 5.96 Å². The molecule has 0 atom stereocenters. The van der Waals surface area contributed by atoms with E-state index in [1.165, 1.54) is 19.3 Å². The number of hydrogen-bond donors (Lipinski definition) is 2. The molecule has 0 unspecified atom stereocenters. The summed E-state index contributed by atoms with van der Waals surface area (Å²) in [4.78, 5) is 4.38. The van der Waals surface area contributed by atoms with E-state index < -0.39 is 0 Å². The third kappa shape index (κ3) is 6.62. The molecule has 168 valence electrons. The van der Waals surface area contributed by atoms with E-state index in [1.807, 2.05) is 42.5 Å². The van der Waals surface area contributed by atoms with E-state index in [0.29, 0.717) is 18.6 Å². The Morgan fingerprint density at radius 2 is 1.81 bits per heavy atom. The summed E-state index contributed by atoms with van der Waals surface area (Å²) >= 11 is 0. The normalized spacial score (nSPS) is 15.1. The molecule has 2 N–H and O–H groups in total. The first-order valence-corrected chi connectivity index (χ1v) is 11.0. The minimum absolute atomic E-state index is 0.342. The van der Waals surface area contributed by atoms with Crippen molar-refractivity contribution in [2.45, 2.75) is 38.8 Å². The Bertz CT molecular complexity index is 835. The second-order valence-electron chi connectivity index (χ2n) is 8.14. The fraction of sp³-hybridized carbons (Fsp3) is 0.480. The zero-order valence-electron chi connectivity index (χ0n) is 18.9. The quantitative estimate of drug-likeness (QED) is 0.418. The molecule has 0 aromatic heterocycles. The molecule has 6 nitrogen and oxygen atoms in total. The van der Waals surface area contributed by atoms with Crippen LogP contribution in [0.3, 0.4) is 0 Å². The van der Waals surface area contributed by atoms with Gasteiger partial charge in [-0.1, -0.05) is 42.8 Å². The summed E-state index contributed by atoms with van der Waals surface area (Å²) in [5, 5.41) is 6.90. The zero-order chi connectivity index (χ0) is 21.9. The van der Waals surface area contributed by atoms with Crippen LogP contribution in [-0.4, -0.2) is 40.4 Å². The number of rotatable bonds is 11. The van der Waals surface area contributed by atoms with Crippen LogP contribution in [0.4, 0.5) is 0 Å². The molecule has 6 heteroatoms. The Balaban J connectivity index is 1.51. The Kier molecular flexibility index (Phi) is 8.59. The lowest BCUT2D eigenvalue weighted by molar-refractivity contribution is 0.0732. The number of nitrogens with one attached hydrogen (secondary N) is 2. The Morgan fingerprint density at radius 1 is 1.00 bits per heavy atom. The minimum atomic E-state index is 0.342. The Labute approximate surface area is 186 Å². The number of aliphatic imine (C=N–C) groups is 1. The van der Waals surface area contributed by atoms with Crippen molar-refractivity contribution in [1.82, 2.24) is 10.6 Å². The van der Waals surface area contributed by atoms with Crippen LogP contribution in [0.15, 0.2) is 53.5 Å². The van der Waals surface area contributed by atoms with E-state index in [1.54, 1.807) is 21.3 Å². The van der Waals surface area contributed by atoms with Crippen molar-refractivity contribution in [3.05, 3.63) is 59.7 Å². The molecule has 3 rings (SSSR count). The fourth-order valence-electron chi connectivity index (χ4n) is 3.86. The number of guanidine groups is 1. The lowest BCUT2D eigenvalue weighted by atomic mass is 9.67. The van der Waals surface area contributed by atoms with Crippen LogP contribution < -0.4 is 20.1 Å². The van der Waals surface area contributed by atoms with Crippen molar-refractivity contribution in [2.24, 2.45) is 10.4 Å². The SMILES string of the molecule is CN=C(NCc1ccc(OCc2ccccc2)c(OC)c1)NCC1(CCOC)CCC1. The zero-order valence-corrected chi connectivity index (χ0v) is 18.9. The standard InChI is InChI=1S/C25H35N3O3/c1-26-24(28-19-25(12-7-13-25)14-15-29-2)27-17-21-10-11-22(23(16-21)30-3)31-18-20-8-5-4-6-9-20/h4-6,8-11,16H,7,12-15,17-19H2,1-3H3,(H2,26,27,28). The summed E-state index contributed by atoms with van der Waals surface area (Å²) in [6.07, 6.45) is 4.90. The van der Waals surface area contributed by atoms with Gasteiger partial charge in [0.15, 0.2) is 17.5 Å². The van der Waals surface area contributed by atoms with E-state index in [0.717, 1.165) is 48.2 Å². The summed E-state index contributed by atoms with van der Waals surface area (Å²) in [6, 6.07) is 16.1. The van der Waals surface area contributed by atoms with Crippen molar-refractivity contribution < 1.29 is 14.2 Å². The van der Waals surface area contributed by atoms with E-state index >= 15 is 0 Å². The van der Waals surface area contributed by atoms with Crippen molar-refractivity contribution in [3.8, 4) is 11.5 Å². The van der Waals surface area contributed by atoms with Gasteiger partial charge in [-0.3, -0.25) is 4.99 Å². The van der Waals surface area contributed by atoms with Gasteiger partial charge in [0.1, 0.15) is 6.61 Å². The van der Waals surface area contributed by atoms with Gasteiger partial charge < -0.3 is 24.8 Å². The predicted octanol–water partition coefficient (Wildman–Crippen LogP) is 4.15. The van der Waals surface area contributed by atoms with Crippen LogP contribution in [0.25, 0.3) is 0 Å². The summed E-state index contributed by atoms with van der Waals surface area (Å²) in [5.41, 5.74) is 2.57. The monoisotopic (exact) mass is 425 g/mol. The smallest absolute Gasteiger partial charge is 0.191 e. The summed E-state index contributed by atoms with van der Waals surface area (Å²) < 4.78 is 16.8. The molecule has 0 heterocycles. The van der Waals surface area contributed by atoms with Crippen molar-refractivity contribution in [1.29, 1.82) is 0 Å². The first-order valence-electron chi connectivity index (χ1n) is 11.0. The molecule has 0 aliphatic heterocycles. The molecule has 2 aromatic carbocycles. The molecule has 0 spiro atoms. The molecule has 1 fully saturated rings. The maximum absolute atomic E-state index is 5.95. The lowest BCUT2D eigenvalue weighted by Crippen LogP contribution is -2.46. The van der Waals surface area contributed by atoms with Crippen LogP contribution >= 0.6 is 0 Å². The summed E-state index contributed by atoms with van der Waals surface area (Å²) in [7, 11) is 5.24. The van der Waals surface area contributed by atoms with Gasteiger partial charge in [0.2, 0.25) is 0 Å². The van der Waals surface area contributed by atoms with Gasteiger partial charge in [0.25, 0.3) is 0 Å². The molecule has 0 bridgehead atoms. The molecular weight excluding hydrogens is 390 g/mol. The van der Waals surface area contributed by atoms with E-state index in [4.69, 9.17) is 14.2 Å². The Morgan fingerprint density at radius 3 is 2.45 bits per heavy atom. The second-order valence-corrected chi connectivity index (χ2v) is 8.14. The van der Waals surface area contributed by atoms with Crippen LogP contribution in [0, 0.1) is 5.41 Å². The van der Waals surface area contributed by atoms with E-state index in [9.17, 15) is 0 Å². The minimum Gasteiger partial charge on any atom is -0.493 e. The maximum Gasteiger partial charge on any atom is 0.191 e. The largest absolute Gasteiger partial charge is 0.493 e. The number of hydrogen-bond acceptors (Lipinski definition) is 4. The van der Waals surface area contributed by atoms with Gasteiger partial charge in [-0.2, -0.15) is 0 Å². The highest BCUT2D eigenvalue weighted by atomic mass is 16.5. The molecule has 0 radical (unpaired) electrons. The highest BCUT2D eigenvalue weighted by Crippen LogP contribution is 2.43. The van der Waals surface area contributed by atoms with Gasteiger partial charge >= 0.3 is 0 Å². The van der Waals surface area contributed by atoms with Crippen LogP contribution in [0.2, 0.25) is 0 Å². The second kappa shape index (κ2) is 11.6. The summed E-state index contributed by atoms with van der Waals surface area (Å²) in [6.45, 7) is 2.90. The first kappa shape index (κ1) is 22.9. The third-order valence-electron chi connectivity index (χ3n) is 6.03. The predicted molar refractivity (Wildman–Crippen MR) is 125 cm³/mol. The molecule has 1 saturated carbocycles. The molecule has 0 amide bonds. The van der Waals surface area contributed by atoms with Gasteiger partial charge in [0.05, 0.1) is 7.11 Å². The number of benzene rings is 2. The van der Waals surface area contributed by atoms with Crippen LogP contribution in [0.5, 0.6) is 11.5 Å². The van der Waals surface area contributed by atoms with E-state index in [2.05, 4.69) is 21.7 Å². The molecule has 2 aromatic rings. The van der Waals surface area contributed by atoms with Crippen molar-refractivity contribution in [2.75, 3.05) is 34.4 Å².